The Balaban J connectivity index is 2.15. The Morgan fingerprint density at radius 3 is 2.03 bits per heavy atom. The third kappa shape index (κ3) is 4.49. The number of aromatic nitrogens is 2. The van der Waals surface area contributed by atoms with E-state index in [1.54, 1.807) is 39.0 Å². The lowest BCUT2D eigenvalue weighted by atomic mass is 10.1. The maximum absolute atomic E-state index is 14.3. The van der Waals surface area contributed by atoms with Crippen molar-refractivity contribution in [3.63, 3.8) is 0 Å². The van der Waals surface area contributed by atoms with Crippen molar-refractivity contribution >= 4 is 40.3 Å². The zero-order valence-electron chi connectivity index (χ0n) is 17.2. The number of halogens is 6. The van der Waals surface area contributed by atoms with Crippen LogP contribution in [0.15, 0.2) is 34.1 Å². The monoisotopic (exact) mass is 582 g/mol. The van der Waals surface area contributed by atoms with Crippen LogP contribution in [-0.4, -0.2) is 15.7 Å². The minimum Gasteiger partial charge on any atom is -0.403 e. The number of carbonyl (C=O) groups excluding carboxylic acids is 1. The third-order valence-electron chi connectivity index (χ3n) is 4.26. The zero-order chi connectivity index (χ0) is 24.0. The van der Waals surface area contributed by atoms with Crippen molar-refractivity contribution in [1.29, 1.82) is 0 Å². The Hall–Kier alpha value is -2.15. The topological polar surface area (TPSA) is 44.1 Å². The smallest absolute Gasteiger partial charge is 0.345 e. The first kappa shape index (κ1) is 24.5. The molecule has 0 amide bonds. The summed E-state index contributed by atoms with van der Waals surface area (Å²) in [5.41, 5.74) is -0.321. The summed E-state index contributed by atoms with van der Waals surface area (Å²) in [5.74, 6) is -11.3. The van der Waals surface area contributed by atoms with Gasteiger partial charge in [0.2, 0.25) is 11.7 Å². The highest BCUT2D eigenvalue weighted by atomic mass is 127. The van der Waals surface area contributed by atoms with E-state index in [1.165, 1.54) is 17.7 Å². The molecule has 3 aromatic rings. The van der Waals surface area contributed by atoms with Gasteiger partial charge in [-0.05, 0) is 62.4 Å². The molecule has 0 saturated heterocycles. The maximum atomic E-state index is 14.3. The summed E-state index contributed by atoms with van der Waals surface area (Å²) in [4.78, 5) is 11.6. The van der Waals surface area contributed by atoms with Crippen LogP contribution in [0.4, 0.5) is 22.0 Å². The molecule has 0 radical (unpaired) electrons. The van der Waals surface area contributed by atoms with Crippen molar-refractivity contribution in [1.82, 2.24) is 9.78 Å². The van der Waals surface area contributed by atoms with E-state index in [2.05, 4.69) is 5.10 Å². The van der Waals surface area contributed by atoms with E-state index in [0.717, 1.165) is 0 Å². The van der Waals surface area contributed by atoms with Crippen LogP contribution >= 0.6 is 34.4 Å². The molecule has 2 aromatic carbocycles. The maximum Gasteiger partial charge on any atom is 0.345 e. The van der Waals surface area contributed by atoms with Gasteiger partial charge in [-0.15, -0.1) is 0 Å². The van der Waals surface area contributed by atoms with Crippen LogP contribution in [0.1, 0.15) is 36.8 Å². The Morgan fingerprint density at radius 2 is 1.50 bits per heavy atom. The van der Waals surface area contributed by atoms with Crippen molar-refractivity contribution in [3.05, 3.63) is 68.2 Å². The highest BCUT2D eigenvalue weighted by Gasteiger charge is 2.32. The summed E-state index contributed by atoms with van der Waals surface area (Å²) in [6.45, 7) is 6.71. The molecule has 0 N–H and O–H groups in total. The largest absolute Gasteiger partial charge is 0.403 e. The molecule has 0 bridgehead atoms. The Bertz CT molecular complexity index is 1190. The van der Waals surface area contributed by atoms with Crippen LogP contribution in [-0.2, 0) is 5.54 Å². The van der Waals surface area contributed by atoms with Gasteiger partial charge in [0.25, 0.3) is 0 Å². The number of nitrogens with zero attached hydrogens (tertiary/aromatic N) is 2. The highest BCUT2D eigenvalue weighted by Crippen LogP contribution is 2.43. The predicted molar refractivity (Wildman–Crippen MR) is 116 cm³/mol. The van der Waals surface area contributed by atoms with Gasteiger partial charge < -0.3 is 4.74 Å². The number of carbonyl (C=O) groups is 1. The van der Waals surface area contributed by atoms with Gasteiger partial charge in [0.05, 0.1) is 26.6 Å². The molecule has 0 aliphatic rings. The average molecular weight is 582 g/mol. The molecule has 32 heavy (non-hydrogen) atoms. The summed E-state index contributed by atoms with van der Waals surface area (Å²) in [7, 11) is 0. The van der Waals surface area contributed by atoms with Crippen LogP contribution in [0.3, 0.4) is 0 Å². The van der Waals surface area contributed by atoms with Gasteiger partial charge in [-0.2, -0.15) is 5.10 Å². The summed E-state index contributed by atoms with van der Waals surface area (Å²) in [5, 5.41) is 4.28. The molecule has 0 spiro atoms. The quantitative estimate of drug-likeness (QED) is 0.114. The van der Waals surface area contributed by atoms with E-state index >= 15 is 0 Å². The van der Waals surface area contributed by atoms with E-state index in [9.17, 15) is 26.7 Å². The van der Waals surface area contributed by atoms with E-state index < -0.39 is 45.5 Å². The molecule has 3 rings (SSSR count). The number of ether oxygens (including phenoxy) is 1. The summed E-state index contributed by atoms with van der Waals surface area (Å²) in [6, 6.07) is 6.59. The third-order valence-corrected chi connectivity index (χ3v) is 6.43. The molecule has 170 valence electrons. The molecule has 0 atom stereocenters. The number of aryl methyl sites for hydroxylation is 1. The molecule has 1 aromatic heterocycles. The second-order valence-corrected chi connectivity index (χ2v) is 9.86. The lowest BCUT2D eigenvalue weighted by Crippen LogP contribution is -2.25. The molecule has 0 aliphatic carbocycles. The van der Waals surface area contributed by atoms with Crippen molar-refractivity contribution in [2.24, 2.45) is 0 Å². The summed E-state index contributed by atoms with van der Waals surface area (Å²) >= 11 is 2.20. The Labute approximate surface area is 198 Å². The lowest BCUT2D eigenvalue weighted by molar-refractivity contribution is 0.0703. The van der Waals surface area contributed by atoms with Gasteiger partial charge in [-0.1, -0.05) is 23.9 Å². The first-order valence-corrected chi connectivity index (χ1v) is 11.0. The fourth-order valence-electron chi connectivity index (χ4n) is 2.70. The van der Waals surface area contributed by atoms with E-state index in [-0.39, 0.29) is 33.8 Å². The van der Waals surface area contributed by atoms with Crippen molar-refractivity contribution < 1.29 is 31.5 Å². The predicted octanol–water partition coefficient (Wildman–Crippen LogP) is 6.62. The molecule has 4 nitrogen and oxygen atoms in total. The van der Waals surface area contributed by atoms with Crippen LogP contribution < -0.4 is 4.74 Å². The molecule has 0 unspecified atom stereocenters. The Kier molecular flexibility index (Phi) is 6.89. The van der Waals surface area contributed by atoms with Gasteiger partial charge in [0, 0.05) is 3.57 Å². The Morgan fingerprint density at radius 1 is 0.969 bits per heavy atom. The zero-order valence-corrected chi connectivity index (χ0v) is 20.2. The molecule has 0 fully saturated rings. The average Bonchev–Trinajstić information content (AvgIpc) is 3.04. The molecular formula is C21H16F5IN2O2S. The minimum absolute atomic E-state index is 0.0533. The van der Waals surface area contributed by atoms with Crippen molar-refractivity contribution in [3.8, 4) is 5.88 Å². The lowest BCUT2D eigenvalue weighted by Gasteiger charge is -2.22. The second-order valence-electron chi connectivity index (χ2n) is 7.67. The normalized spacial score (nSPS) is 11.7. The minimum atomic E-state index is -2.25. The van der Waals surface area contributed by atoms with Gasteiger partial charge in [-0.25, -0.2) is 31.4 Å². The molecule has 1 heterocycles. The highest BCUT2D eigenvalue weighted by molar-refractivity contribution is 14.1. The fourth-order valence-corrected chi connectivity index (χ4v) is 4.27. The molecule has 0 aliphatic heterocycles. The first-order valence-electron chi connectivity index (χ1n) is 9.10. The molecule has 0 saturated carbocycles. The van der Waals surface area contributed by atoms with Gasteiger partial charge in [-0.3, -0.25) is 0 Å². The van der Waals surface area contributed by atoms with Crippen molar-refractivity contribution in [2.45, 2.75) is 43.0 Å². The van der Waals surface area contributed by atoms with Crippen LogP contribution in [0, 0.1) is 39.6 Å². The molecule has 11 heteroatoms. The number of hydrogen-bond acceptors (Lipinski definition) is 4. The van der Waals surface area contributed by atoms with Crippen LogP contribution in [0.25, 0.3) is 0 Å². The van der Waals surface area contributed by atoms with E-state index in [4.69, 9.17) is 4.74 Å². The second kappa shape index (κ2) is 9.00. The van der Waals surface area contributed by atoms with Gasteiger partial charge in [0.1, 0.15) is 0 Å². The van der Waals surface area contributed by atoms with Crippen LogP contribution in [0.5, 0.6) is 5.88 Å². The van der Waals surface area contributed by atoms with Crippen LogP contribution in [0.2, 0.25) is 0 Å². The van der Waals surface area contributed by atoms with E-state index in [1.807, 2.05) is 22.6 Å². The van der Waals surface area contributed by atoms with Crippen molar-refractivity contribution in [2.75, 3.05) is 0 Å². The number of esters is 1. The van der Waals surface area contributed by atoms with Gasteiger partial charge >= 0.3 is 5.97 Å². The fraction of sp³-hybridized carbons (Fsp3) is 0.238. The summed E-state index contributed by atoms with van der Waals surface area (Å²) in [6.07, 6.45) is 0. The first-order chi connectivity index (χ1) is 14.8. The van der Waals surface area contributed by atoms with Gasteiger partial charge in [0.15, 0.2) is 23.3 Å². The van der Waals surface area contributed by atoms with E-state index in [0.29, 0.717) is 3.57 Å². The SMILES string of the molecule is Cc1nn(C(C)(C)C)c(OC(=O)c2ccccc2I)c1Sc1c(F)c(F)c(F)c(F)c1F. The standard InChI is InChI=1S/C21H16F5IN2O2S/c1-9-17(32-18-15(25)13(23)12(22)14(24)16(18)26)19(29(28-9)21(2,3)4)31-20(30)10-7-5-6-8-11(10)27/h5-8H,1-4H3. The number of benzene rings is 2. The molecular weight excluding hydrogens is 566 g/mol. The number of hydrogen-bond donors (Lipinski definition) is 0. The number of rotatable bonds is 4. The summed E-state index contributed by atoms with van der Waals surface area (Å²) < 4.78 is 76.9.